The monoisotopic (exact) mass is 477 g/mol. The quantitative estimate of drug-likeness (QED) is 0.302. The molecule has 3 aromatic carbocycles. The van der Waals surface area contributed by atoms with Crippen LogP contribution in [0.3, 0.4) is 0 Å². The maximum atomic E-state index is 12.9. The van der Waals surface area contributed by atoms with Gasteiger partial charge in [0.05, 0.1) is 22.4 Å². The molecule has 6 nitrogen and oxygen atoms in total. The predicted octanol–water partition coefficient (Wildman–Crippen LogP) is 4.68. The Balaban J connectivity index is 1.55. The van der Waals surface area contributed by atoms with Crippen LogP contribution in [0.4, 0.5) is 5.69 Å². The Morgan fingerprint density at radius 2 is 1.48 bits per heavy atom. The first-order chi connectivity index (χ1) is 14.9. The van der Waals surface area contributed by atoms with E-state index in [1.807, 2.05) is 0 Å². The number of esters is 1. The fourth-order valence-electron chi connectivity index (χ4n) is 3.31. The number of halogens is 1. The molecule has 154 valence electrons. The fourth-order valence-corrected chi connectivity index (χ4v) is 3.58. The van der Waals surface area contributed by atoms with E-state index in [1.54, 1.807) is 54.6 Å². The molecular weight excluding hydrogens is 462 g/mol. The second-order valence-corrected chi connectivity index (χ2v) is 7.88. The summed E-state index contributed by atoms with van der Waals surface area (Å²) in [4.78, 5) is 51.7. The highest BCUT2D eigenvalue weighted by atomic mass is 79.9. The molecule has 0 N–H and O–H groups in total. The lowest BCUT2D eigenvalue weighted by atomic mass is 10.1. The number of hydrogen-bond donors (Lipinski definition) is 0. The van der Waals surface area contributed by atoms with Crippen LogP contribution in [-0.4, -0.2) is 29.7 Å². The van der Waals surface area contributed by atoms with Crippen LogP contribution in [0.15, 0.2) is 77.3 Å². The van der Waals surface area contributed by atoms with Crippen molar-refractivity contribution in [1.29, 1.82) is 0 Å². The van der Waals surface area contributed by atoms with E-state index in [9.17, 15) is 19.2 Å². The van der Waals surface area contributed by atoms with E-state index in [4.69, 9.17) is 4.74 Å². The van der Waals surface area contributed by atoms with Gasteiger partial charge < -0.3 is 4.74 Å². The van der Waals surface area contributed by atoms with Gasteiger partial charge in [0.1, 0.15) is 0 Å². The fraction of sp³-hybridized carbons (Fsp3) is 0.0833. The minimum absolute atomic E-state index is 0.0882. The van der Waals surface area contributed by atoms with Crippen LogP contribution in [0.2, 0.25) is 0 Å². The van der Waals surface area contributed by atoms with Gasteiger partial charge in [-0.2, -0.15) is 0 Å². The number of carbonyl (C=O) groups excluding carboxylic acids is 4. The number of fused-ring (bicyclic) bond motifs is 1. The molecular formula is C24H16BrNO5. The first kappa shape index (κ1) is 20.7. The number of Topliss-reactive ketones (excluding diaryl/α,β-unsaturated/α-hetero) is 1. The summed E-state index contributed by atoms with van der Waals surface area (Å²) in [7, 11) is 0. The maximum Gasteiger partial charge on any atom is 0.338 e. The number of ether oxygens (including phenoxy) is 1. The van der Waals surface area contributed by atoms with Gasteiger partial charge in [-0.15, -0.1) is 0 Å². The predicted molar refractivity (Wildman–Crippen MR) is 117 cm³/mol. The van der Waals surface area contributed by atoms with Crippen LogP contribution in [0.25, 0.3) is 0 Å². The summed E-state index contributed by atoms with van der Waals surface area (Å²) in [5.74, 6) is -2.06. The zero-order valence-corrected chi connectivity index (χ0v) is 18.0. The molecule has 7 heteroatoms. The molecule has 31 heavy (non-hydrogen) atoms. The second-order valence-electron chi connectivity index (χ2n) is 6.96. The van der Waals surface area contributed by atoms with Gasteiger partial charge in [0.25, 0.3) is 11.8 Å². The number of ketones is 1. The standard InChI is InChI=1S/C24H16BrNO5/c1-14(21(27)15-5-3-2-4-6-15)31-24(30)16-7-12-19-20(13-16)23(29)26(22(19)28)18-10-8-17(25)9-11-18/h2-14H,1H3/t14-/m1/s1. The van der Waals surface area contributed by atoms with Gasteiger partial charge in [-0.25, -0.2) is 9.69 Å². The highest BCUT2D eigenvalue weighted by Gasteiger charge is 2.37. The summed E-state index contributed by atoms with van der Waals surface area (Å²) in [6, 6.07) is 19.4. The largest absolute Gasteiger partial charge is 0.451 e. The van der Waals surface area contributed by atoms with Crippen molar-refractivity contribution in [3.63, 3.8) is 0 Å². The molecule has 0 aromatic heterocycles. The molecule has 0 radical (unpaired) electrons. The van der Waals surface area contributed by atoms with Gasteiger partial charge in [0.15, 0.2) is 6.10 Å². The lowest BCUT2D eigenvalue weighted by Gasteiger charge is -2.13. The Hall–Kier alpha value is -3.58. The van der Waals surface area contributed by atoms with E-state index >= 15 is 0 Å². The zero-order chi connectivity index (χ0) is 22.1. The summed E-state index contributed by atoms with van der Waals surface area (Å²) < 4.78 is 6.11. The van der Waals surface area contributed by atoms with E-state index in [1.165, 1.54) is 25.1 Å². The van der Waals surface area contributed by atoms with E-state index in [-0.39, 0.29) is 22.5 Å². The number of amides is 2. The van der Waals surface area contributed by atoms with Crippen molar-refractivity contribution in [3.8, 4) is 0 Å². The lowest BCUT2D eigenvalue weighted by molar-refractivity contribution is 0.0318. The third-order valence-corrected chi connectivity index (χ3v) is 5.45. The van der Waals surface area contributed by atoms with Gasteiger partial charge in [-0.05, 0) is 49.4 Å². The summed E-state index contributed by atoms with van der Waals surface area (Å²) in [5, 5.41) is 0. The van der Waals surface area contributed by atoms with Crippen molar-refractivity contribution in [1.82, 2.24) is 0 Å². The lowest BCUT2D eigenvalue weighted by Crippen LogP contribution is -2.29. The number of hydrogen-bond acceptors (Lipinski definition) is 5. The topological polar surface area (TPSA) is 80.8 Å². The first-order valence-electron chi connectivity index (χ1n) is 9.45. The van der Waals surface area contributed by atoms with E-state index in [2.05, 4.69) is 15.9 Å². The summed E-state index contributed by atoms with van der Waals surface area (Å²) in [6.07, 6.45) is -1.00. The molecule has 4 rings (SSSR count). The smallest absolute Gasteiger partial charge is 0.338 e. The SMILES string of the molecule is C[C@@H](OC(=O)c1ccc2c(c1)C(=O)N(c1ccc(Br)cc1)C2=O)C(=O)c1ccccc1. The van der Waals surface area contributed by atoms with Crippen molar-refractivity contribution >= 4 is 45.2 Å². The molecule has 1 aliphatic heterocycles. The summed E-state index contributed by atoms with van der Waals surface area (Å²) in [5.41, 5.74) is 1.27. The van der Waals surface area contributed by atoms with Crippen molar-refractivity contribution in [2.75, 3.05) is 4.90 Å². The van der Waals surface area contributed by atoms with Gasteiger partial charge >= 0.3 is 5.97 Å². The average Bonchev–Trinajstić information content (AvgIpc) is 3.04. The van der Waals surface area contributed by atoms with Gasteiger partial charge in [-0.1, -0.05) is 46.3 Å². The maximum absolute atomic E-state index is 12.9. The van der Waals surface area contributed by atoms with Gasteiger partial charge in [0, 0.05) is 10.0 Å². The van der Waals surface area contributed by atoms with Crippen LogP contribution in [0.1, 0.15) is 48.4 Å². The number of anilines is 1. The van der Waals surface area contributed by atoms with Crippen LogP contribution in [-0.2, 0) is 4.74 Å². The molecule has 1 atom stereocenters. The van der Waals surface area contributed by atoms with Crippen molar-refractivity contribution in [2.45, 2.75) is 13.0 Å². The third kappa shape index (κ3) is 3.92. The molecule has 0 aliphatic carbocycles. The molecule has 3 aromatic rings. The van der Waals surface area contributed by atoms with E-state index in [0.29, 0.717) is 11.3 Å². The first-order valence-corrected chi connectivity index (χ1v) is 10.2. The van der Waals surface area contributed by atoms with Crippen molar-refractivity contribution in [2.24, 2.45) is 0 Å². The number of benzene rings is 3. The summed E-state index contributed by atoms with van der Waals surface area (Å²) in [6.45, 7) is 1.49. The van der Waals surface area contributed by atoms with Crippen LogP contribution in [0, 0.1) is 0 Å². The van der Waals surface area contributed by atoms with Crippen molar-refractivity contribution < 1.29 is 23.9 Å². The molecule has 0 bridgehead atoms. The minimum Gasteiger partial charge on any atom is -0.451 e. The Labute approximate surface area is 186 Å². The zero-order valence-electron chi connectivity index (χ0n) is 16.4. The molecule has 2 amide bonds. The Bertz CT molecular complexity index is 1200. The van der Waals surface area contributed by atoms with Gasteiger partial charge in [0.2, 0.25) is 5.78 Å². The van der Waals surface area contributed by atoms with Crippen LogP contribution < -0.4 is 4.90 Å². The number of nitrogens with zero attached hydrogens (tertiary/aromatic N) is 1. The average molecular weight is 478 g/mol. The van der Waals surface area contributed by atoms with E-state index in [0.717, 1.165) is 9.37 Å². The minimum atomic E-state index is -1.00. The molecule has 1 heterocycles. The number of imide groups is 1. The molecule has 0 saturated carbocycles. The second kappa shape index (κ2) is 8.28. The highest BCUT2D eigenvalue weighted by Crippen LogP contribution is 2.30. The van der Waals surface area contributed by atoms with E-state index < -0.39 is 23.9 Å². The molecule has 0 spiro atoms. The molecule has 0 saturated heterocycles. The number of carbonyl (C=O) groups is 4. The number of rotatable bonds is 5. The van der Waals surface area contributed by atoms with Gasteiger partial charge in [-0.3, -0.25) is 14.4 Å². The summed E-state index contributed by atoms with van der Waals surface area (Å²) >= 11 is 3.32. The molecule has 0 unspecified atom stereocenters. The Morgan fingerprint density at radius 1 is 0.839 bits per heavy atom. The Morgan fingerprint density at radius 3 is 2.16 bits per heavy atom. The Kier molecular flexibility index (Phi) is 5.52. The molecule has 1 aliphatic rings. The third-order valence-electron chi connectivity index (χ3n) is 4.92. The highest BCUT2D eigenvalue weighted by molar-refractivity contribution is 9.10. The van der Waals surface area contributed by atoms with Crippen LogP contribution in [0.5, 0.6) is 0 Å². The normalized spacial score (nSPS) is 13.7. The van der Waals surface area contributed by atoms with Crippen LogP contribution >= 0.6 is 15.9 Å². The molecule has 0 fully saturated rings. The van der Waals surface area contributed by atoms with Crippen molar-refractivity contribution in [3.05, 3.63) is 99.5 Å².